The molecule has 0 bridgehead atoms. The van der Waals surface area contributed by atoms with Crippen molar-refractivity contribution >= 4 is 55.4 Å². The lowest BCUT2D eigenvalue weighted by Gasteiger charge is -2.29. The third-order valence-corrected chi connectivity index (χ3v) is 11.0. The number of aryl methyl sites for hydroxylation is 1. The van der Waals surface area contributed by atoms with Crippen LogP contribution in [0.25, 0.3) is 0 Å². The molecule has 54 heavy (non-hydrogen) atoms. The van der Waals surface area contributed by atoms with E-state index in [1.807, 2.05) is 71.8 Å². The second kappa shape index (κ2) is 27.3. The molecule has 0 aliphatic heterocycles. The fourth-order valence-corrected chi connectivity index (χ4v) is 5.96. The largest absolute Gasteiger partial charge is 0.462 e. The van der Waals surface area contributed by atoms with Gasteiger partial charge in [0.05, 0.1) is 36.0 Å². The highest BCUT2D eigenvalue weighted by molar-refractivity contribution is 7.99. The van der Waals surface area contributed by atoms with Gasteiger partial charge in [0.25, 0.3) is 0 Å². The lowest BCUT2D eigenvalue weighted by molar-refractivity contribution is -0.154. The first-order valence-electron chi connectivity index (χ1n) is 18.9. The molecule has 18 heteroatoms. The number of methoxy groups -OCH3 is 1. The fourth-order valence-electron chi connectivity index (χ4n) is 4.43. The van der Waals surface area contributed by atoms with Gasteiger partial charge < -0.3 is 28.4 Å². The highest BCUT2D eigenvalue weighted by atomic mass is 32.2. The number of hydrogen-bond acceptors (Lipinski definition) is 16. The van der Waals surface area contributed by atoms with Crippen LogP contribution in [0.5, 0.6) is 0 Å². The molecule has 0 spiro atoms. The van der Waals surface area contributed by atoms with E-state index in [-0.39, 0.29) is 87.2 Å². The summed E-state index contributed by atoms with van der Waals surface area (Å²) in [6.07, 6.45) is 3.41. The van der Waals surface area contributed by atoms with Crippen molar-refractivity contribution in [2.45, 2.75) is 98.3 Å². The van der Waals surface area contributed by atoms with Crippen LogP contribution < -0.4 is 0 Å². The minimum absolute atomic E-state index is 0.0132. The molecule has 0 saturated carbocycles. The van der Waals surface area contributed by atoms with Crippen molar-refractivity contribution in [2.24, 2.45) is 11.8 Å². The van der Waals surface area contributed by atoms with Crippen LogP contribution in [0, 0.1) is 11.8 Å². The van der Waals surface area contributed by atoms with Gasteiger partial charge in [0.15, 0.2) is 0 Å². The number of nitrogens with zero attached hydrogens (tertiary/aromatic N) is 5. The summed E-state index contributed by atoms with van der Waals surface area (Å²) in [7, 11) is 5.70. The Morgan fingerprint density at radius 1 is 0.870 bits per heavy atom. The summed E-state index contributed by atoms with van der Waals surface area (Å²) < 4.78 is 36.5. The summed E-state index contributed by atoms with van der Waals surface area (Å²) in [4.78, 5) is 51.5. The molecular weight excluding hydrogens is 737 g/mol. The molecule has 0 N–H and O–H groups in total. The number of thioether (sulfide) groups is 1. The van der Waals surface area contributed by atoms with E-state index >= 15 is 0 Å². The van der Waals surface area contributed by atoms with E-state index in [4.69, 9.17) is 28.4 Å². The van der Waals surface area contributed by atoms with Crippen LogP contribution in [-0.2, 0) is 60.7 Å². The zero-order valence-electron chi connectivity index (χ0n) is 34.4. The number of ether oxygens (including phenoxy) is 6. The van der Waals surface area contributed by atoms with Crippen molar-refractivity contribution in [3.63, 3.8) is 0 Å². The summed E-state index contributed by atoms with van der Waals surface area (Å²) in [6, 6.07) is 0. The summed E-state index contributed by atoms with van der Waals surface area (Å²) in [5.41, 5.74) is 0.0351. The van der Waals surface area contributed by atoms with E-state index in [0.717, 1.165) is 18.7 Å². The maximum absolute atomic E-state index is 12.6. The van der Waals surface area contributed by atoms with Crippen LogP contribution in [0.4, 0.5) is 0 Å². The number of rotatable bonds is 31. The predicted molar refractivity (Wildman–Crippen MR) is 214 cm³/mol. The Balaban J connectivity index is 2.68. The van der Waals surface area contributed by atoms with Crippen LogP contribution in [-0.4, -0.2) is 151 Å². The Hall–Kier alpha value is -2.38. The Labute approximate surface area is 332 Å². The van der Waals surface area contributed by atoms with E-state index in [1.165, 1.54) is 0 Å². The quantitative estimate of drug-likeness (QED) is 0.0354. The van der Waals surface area contributed by atoms with Gasteiger partial charge in [-0.25, -0.2) is 0 Å². The van der Waals surface area contributed by atoms with Gasteiger partial charge in [-0.1, -0.05) is 44.9 Å². The third kappa shape index (κ3) is 23.5. The monoisotopic (exact) mass is 803 g/mol. The van der Waals surface area contributed by atoms with Gasteiger partial charge in [-0.15, -0.1) is 5.10 Å². The second-order valence-electron chi connectivity index (χ2n) is 14.3. The number of carbonyl (C=O) groups excluding carboxylic acids is 4. The molecule has 1 rings (SSSR count). The molecule has 0 fully saturated rings. The third-order valence-electron chi connectivity index (χ3n) is 8.48. The molecule has 15 nitrogen and oxygen atoms in total. The Morgan fingerprint density at radius 3 is 1.96 bits per heavy atom. The first-order valence-corrected chi connectivity index (χ1v) is 21.0. The SMILES string of the molecule is BC(C)(CCn1cc(CN(CCC(=O)OCCOC(=O)C(C)CSCC)CCC(=O)OCCOC(=O)C(C)CSN(C)CC)nn1)OCCC(C)(C)OC. The van der Waals surface area contributed by atoms with Gasteiger partial charge in [-0.2, -0.15) is 11.8 Å². The standard InChI is InChI=1S/C36H66BN5O10S2/c1-10-40(8)54-27-29(4)34(46)51-23-21-49-32(44)13-17-41(16-12-31(43)48-20-22-50-33(45)28(3)26-53-11-2)24-30-25-42(39-38-30)18-14-36(7,37)52-19-15-35(5,6)47-9/h25,28-29H,10-24,26-27,37H2,1-9H3. The van der Waals surface area contributed by atoms with Crippen LogP contribution in [0.15, 0.2) is 6.20 Å². The molecule has 0 aliphatic rings. The van der Waals surface area contributed by atoms with E-state index < -0.39 is 11.9 Å². The van der Waals surface area contributed by atoms with Crippen LogP contribution in [0.2, 0.25) is 0 Å². The van der Waals surface area contributed by atoms with Crippen molar-refractivity contribution in [1.29, 1.82) is 0 Å². The van der Waals surface area contributed by atoms with Gasteiger partial charge >= 0.3 is 23.9 Å². The lowest BCUT2D eigenvalue weighted by atomic mass is 9.80. The molecule has 0 aromatic carbocycles. The number of esters is 4. The molecule has 0 amide bonds. The first kappa shape index (κ1) is 49.6. The van der Waals surface area contributed by atoms with Crippen molar-refractivity contribution in [1.82, 2.24) is 24.2 Å². The average molecular weight is 804 g/mol. The molecule has 1 aromatic rings. The normalized spacial score (nSPS) is 14.1. The Morgan fingerprint density at radius 2 is 1.43 bits per heavy atom. The lowest BCUT2D eigenvalue weighted by Crippen LogP contribution is -2.34. The molecule has 310 valence electrons. The highest BCUT2D eigenvalue weighted by Crippen LogP contribution is 2.18. The zero-order valence-corrected chi connectivity index (χ0v) is 36.0. The minimum atomic E-state index is -0.458. The first-order chi connectivity index (χ1) is 25.5. The maximum Gasteiger partial charge on any atom is 0.309 e. The van der Waals surface area contributed by atoms with Crippen molar-refractivity contribution < 1.29 is 47.6 Å². The molecule has 0 aliphatic carbocycles. The van der Waals surface area contributed by atoms with Gasteiger partial charge in [0.1, 0.15) is 34.3 Å². The molecule has 1 aromatic heterocycles. The van der Waals surface area contributed by atoms with Crippen molar-refractivity contribution in [3.05, 3.63) is 11.9 Å². The van der Waals surface area contributed by atoms with Gasteiger partial charge in [-0.05, 0) is 46.4 Å². The fraction of sp³-hybridized carbons (Fsp3) is 0.833. The Bertz CT molecular complexity index is 1240. The molecular formula is C36H66BN5O10S2. The van der Waals surface area contributed by atoms with Crippen LogP contribution in [0.3, 0.4) is 0 Å². The van der Waals surface area contributed by atoms with E-state index in [0.29, 0.717) is 43.3 Å². The summed E-state index contributed by atoms with van der Waals surface area (Å²) in [5.74, 6) is 0.110. The number of hydrogen-bond donors (Lipinski definition) is 0. The van der Waals surface area contributed by atoms with Crippen molar-refractivity contribution in [3.8, 4) is 0 Å². The molecule has 0 saturated heterocycles. The summed E-state index contributed by atoms with van der Waals surface area (Å²) in [6.45, 7) is 16.6. The number of carbonyl (C=O) groups is 4. The molecule has 3 atom stereocenters. The van der Waals surface area contributed by atoms with E-state index in [2.05, 4.69) is 10.3 Å². The average Bonchev–Trinajstić information content (AvgIpc) is 3.59. The van der Waals surface area contributed by atoms with Gasteiger partial charge in [-0.3, -0.25) is 33.1 Å². The van der Waals surface area contributed by atoms with E-state index in [9.17, 15) is 19.2 Å². The van der Waals surface area contributed by atoms with Crippen LogP contribution in [0.1, 0.15) is 79.8 Å². The predicted octanol–water partition coefficient (Wildman–Crippen LogP) is 3.23. The Kier molecular flexibility index (Phi) is 25.1. The minimum Gasteiger partial charge on any atom is -0.462 e. The number of aromatic nitrogens is 3. The smallest absolute Gasteiger partial charge is 0.309 e. The summed E-state index contributed by atoms with van der Waals surface area (Å²) >= 11 is 3.23. The zero-order chi connectivity index (χ0) is 40.6. The molecule has 0 radical (unpaired) electrons. The summed E-state index contributed by atoms with van der Waals surface area (Å²) in [5, 5.41) is 8.61. The second-order valence-corrected chi connectivity index (χ2v) is 16.8. The molecule has 3 unspecified atom stereocenters. The maximum atomic E-state index is 12.6. The topological polar surface area (TPSA) is 161 Å². The van der Waals surface area contributed by atoms with Gasteiger partial charge in [0.2, 0.25) is 0 Å². The van der Waals surface area contributed by atoms with Crippen LogP contribution >= 0.6 is 23.7 Å². The molecule has 1 heterocycles. The van der Waals surface area contributed by atoms with Gasteiger partial charge in [0, 0.05) is 69.6 Å². The van der Waals surface area contributed by atoms with E-state index in [1.54, 1.807) is 42.4 Å². The highest BCUT2D eigenvalue weighted by Gasteiger charge is 2.23. The van der Waals surface area contributed by atoms with Crippen molar-refractivity contribution in [2.75, 3.05) is 84.1 Å².